The minimum absolute atomic E-state index is 0. The summed E-state index contributed by atoms with van der Waals surface area (Å²) in [5.74, 6) is 3.19. The normalized spacial score (nSPS) is 11.5. The Balaban J connectivity index is 0.00000220. The van der Waals surface area contributed by atoms with E-state index in [0.717, 1.165) is 17.6 Å². The topological polar surface area (TPSA) is 50.7 Å². The zero-order chi connectivity index (χ0) is 14.7. The molecule has 1 aromatic carbocycles. The second-order valence-electron chi connectivity index (χ2n) is 5.31. The number of aromatic nitrogens is 3. The molecule has 0 saturated heterocycles. The van der Waals surface area contributed by atoms with Gasteiger partial charge in [-0.2, -0.15) is 18.8 Å². The molecule has 0 aliphatic rings. The first kappa shape index (κ1) is 18.1. The first-order chi connectivity index (χ1) is 9.45. The van der Waals surface area contributed by atoms with E-state index in [9.17, 15) is 0 Å². The molecule has 4 nitrogen and oxygen atoms in total. The second-order valence-corrected chi connectivity index (χ2v) is 5.31. The van der Waals surface area contributed by atoms with Crippen LogP contribution in [-0.4, -0.2) is 15.0 Å². The van der Waals surface area contributed by atoms with E-state index in [1.165, 1.54) is 11.1 Å². The van der Waals surface area contributed by atoms with E-state index >= 15 is 0 Å². The SMILES string of the molecule is Cc1ccc(C(C)Nc2nc(C)nc([C-](C)C)n2)cc1.[Y]. The van der Waals surface area contributed by atoms with Crippen molar-refractivity contribution in [3.05, 3.63) is 53.0 Å². The van der Waals surface area contributed by atoms with Crippen molar-refractivity contribution < 1.29 is 32.7 Å². The van der Waals surface area contributed by atoms with Gasteiger partial charge in [0.15, 0.2) is 0 Å². The van der Waals surface area contributed by atoms with Crippen molar-refractivity contribution in [2.45, 2.75) is 40.7 Å². The standard InChI is InChI=1S/C16H21N4.Y/c1-10(2)15-18-13(5)19-16(20-15)17-12(4)14-8-6-11(3)7-9-14;/h6-9,12H,1-5H3,(H,17,18,19,20);/q-1;. The monoisotopic (exact) mass is 358 g/mol. The molecule has 2 aromatic rings. The van der Waals surface area contributed by atoms with Crippen molar-refractivity contribution in [1.82, 2.24) is 15.0 Å². The summed E-state index contributed by atoms with van der Waals surface area (Å²) >= 11 is 0. The number of benzene rings is 1. The maximum absolute atomic E-state index is 4.45. The van der Waals surface area contributed by atoms with Crippen LogP contribution < -0.4 is 5.32 Å². The fourth-order valence-corrected chi connectivity index (χ4v) is 1.90. The molecule has 0 spiro atoms. The molecule has 0 fully saturated rings. The molecule has 109 valence electrons. The summed E-state index contributed by atoms with van der Waals surface area (Å²) < 4.78 is 0. The molecule has 1 atom stereocenters. The van der Waals surface area contributed by atoms with Crippen molar-refractivity contribution in [1.29, 1.82) is 0 Å². The molecule has 1 radical (unpaired) electrons. The molecule has 0 aliphatic carbocycles. The van der Waals surface area contributed by atoms with Gasteiger partial charge >= 0.3 is 0 Å². The molecule has 1 N–H and O–H groups in total. The van der Waals surface area contributed by atoms with E-state index < -0.39 is 0 Å². The van der Waals surface area contributed by atoms with E-state index in [4.69, 9.17) is 0 Å². The van der Waals surface area contributed by atoms with Crippen molar-refractivity contribution >= 4 is 5.95 Å². The van der Waals surface area contributed by atoms with Gasteiger partial charge in [-0.05, 0) is 26.3 Å². The Morgan fingerprint density at radius 1 is 1.00 bits per heavy atom. The van der Waals surface area contributed by atoms with Crippen LogP contribution in [0.2, 0.25) is 0 Å². The van der Waals surface area contributed by atoms with Gasteiger partial charge in [0, 0.05) is 38.5 Å². The Kier molecular flexibility index (Phi) is 6.75. The smallest absolute Gasteiger partial charge is 0.224 e. The Hall–Kier alpha value is -0.996. The fraction of sp³-hybridized carbons (Fsp3) is 0.375. The van der Waals surface area contributed by atoms with E-state index in [1.54, 1.807) is 0 Å². The maximum Gasteiger partial charge on any atom is 0.224 e. The molecule has 5 heteroatoms. The molecule has 1 aromatic heterocycles. The molecule has 0 aliphatic heterocycles. The van der Waals surface area contributed by atoms with E-state index in [1.807, 2.05) is 20.8 Å². The van der Waals surface area contributed by atoms with Crippen LogP contribution in [-0.2, 0) is 32.7 Å². The van der Waals surface area contributed by atoms with E-state index in [2.05, 4.69) is 58.4 Å². The zero-order valence-electron chi connectivity index (χ0n) is 13.3. The summed E-state index contributed by atoms with van der Waals surface area (Å²) in [6.07, 6.45) is 0. The van der Waals surface area contributed by atoms with Gasteiger partial charge in [-0.1, -0.05) is 29.8 Å². The minimum atomic E-state index is 0. The molecule has 1 heterocycles. The number of rotatable bonds is 4. The molecule has 1 unspecified atom stereocenters. The zero-order valence-corrected chi connectivity index (χ0v) is 16.1. The van der Waals surface area contributed by atoms with Crippen LogP contribution in [0.25, 0.3) is 0 Å². The largest absolute Gasteiger partial charge is 0.348 e. The molecule has 2 rings (SSSR count). The van der Waals surface area contributed by atoms with Gasteiger partial charge < -0.3 is 11.2 Å². The Labute approximate surface area is 152 Å². The van der Waals surface area contributed by atoms with Gasteiger partial charge in [-0.3, -0.25) is 4.98 Å². The van der Waals surface area contributed by atoms with Gasteiger partial charge in [0.1, 0.15) is 5.82 Å². The maximum atomic E-state index is 4.45. The third-order valence-electron chi connectivity index (χ3n) is 3.12. The quantitative estimate of drug-likeness (QED) is 0.849. The first-order valence-corrected chi connectivity index (χ1v) is 6.82. The molecule has 21 heavy (non-hydrogen) atoms. The second kappa shape index (κ2) is 7.85. The van der Waals surface area contributed by atoms with Gasteiger partial charge in [-0.15, -0.1) is 0 Å². The van der Waals surface area contributed by atoms with Crippen molar-refractivity contribution in [3.8, 4) is 0 Å². The van der Waals surface area contributed by atoms with E-state index in [-0.39, 0.29) is 38.8 Å². The average molecular weight is 358 g/mol. The number of hydrogen-bond donors (Lipinski definition) is 1. The summed E-state index contributed by atoms with van der Waals surface area (Å²) in [4.78, 5) is 13.1. The molecule has 0 amide bonds. The van der Waals surface area contributed by atoms with Crippen molar-refractivity contribution in [2.24, 2.45) is 0 Å². The van der Waals surface area contributed by atoms with E-state index in [0.29, 0.717) is 5.95 Å². The van der Waals surface area contributed by atoms with Gasteiger partial charge in [-0.25, -0.2) is 4.98 Å². The minimum Gasteiger partial charge on any atom is -0.348 e. The van der Waals surface area contributed by atoms with Crippen molar-refractivity contribution in [3.63, 3.8) is 0 Å². The van der Waals surface area contributed by atoms with Crippen molar-refractivity contribution in [2.75, 3.05) is 5.32 Å². The number of nitrogens with one attached hydrogen (secondary N) is 1. The number of nitrogens with zero attached hydrogens (tertiary/aromatic N) is 3. The third-order valence-corrected chi connectivity index (χ3v) is 3.12. The van der Waals surface area contributed by atoms with Crippen LogP contribution in [0.1, 0.15) is 49.6 Å². The summed E-state index contributed by atoms with van der Waals surface area (Å²) in [5.41, 5.74) is 2.47. The van der Waals surface area contributed by atoms with Crippen LogP contribution >= 0.6 is 0 Å². The van der Waals surface area contributed by atoms with Crippen LogP contribution in [0, 0.1) is 19.8 Å². The van der Waals surface area contributed by atoms with Gasteiger partial charge in [0.2, 0.25) is 5.95 Å². The fourth-order valence-electron chi connectivity index (χ4n) is 1.90. The summed E-state index contributed by atoms with van der Waals surface area (Å²) in [5, 5.41) is 3.34. The average Bonchev–Trinajstić information content (AvgIpc) is 2.38. The Morgan fingerprint density at radius 3 is 2.19 bits per heavy atom. The summed E-state index contributed by atoms with van der Waals surface area (Å²) in [7, 11) is 0. The van der Waals surface area contributed by atoms with Crippen LogP contribution in [0.3, 0.4) is 0 Å². The summed E-state index contributed by atoms with van der Waals surface area (Å²) in [6.45, 7) is 10.1. The van der Waals surface area contributed by atoms with Crippen LogP contribution in [0.4, 0.5) is 5.95 Å². The number of hydrogen-bond acceptors (Lipinski definition) is 4. The Morgan fingerprint density at radius 2 is 1.62 bits per heavy atom. The Bertz CT molecular complexity index is 581. The van der Waals surface area contributed by atoms with Crippen LogP contribution in [0.5, 0.6) is 0 Å². The first-order valence-electron chi connectivity index (χ1n) is 6.82. The molecular weight excluding hydrogens is 337 g/mol. The third kappa shape index (κ3) is 5.04. The summed E-state index contributed by atoms with van der Waals surface area (Å²) in [6, 6.07) is 8.63. The van der Waals surface area contributed by atoms with Gasteiger partial charge in [0.05, 0.1) is 6.04 Å². The molecule has 0 bridgehead atoms. The van der Waals surface area contributed by atoms with Gasteiger partial charge in [0.25, 0.3) is 0 Å². The number of aryl methyl sites for hydroxylation is 2. The number of anilines is 1. The predicted octanol–water partition coefficient (Wildman–Crippen LogP) is 3.62. The molecule has 0 saturated carbocycles. The molecular formula is C16H21N4Y-. The van der Waals surface area contributed by atoms with Crippen LogP contribution in [0.15, 0.2) is 24.3 Å². The predicted molar refractivity (Wildman–Crippen MR) is 81.5 cm³/mol.